The van der Waals surface area contributed by atoms with Gasteiger partial charge in [-0.15, -0.1) is 23.3 Å². The van der Waals surface area contributed by atoms with Crippen molar-refractivity contribution < 1.29 is 34.4 Å². The third-order valence-corrected chi connectivity index (χ3v) is 0. The van der Waals surface area contributed by atoms with Gasteiger partial charge in [-0.1, -0.05) is 0 Å². The molecule has 0 bridgehead atoms. The van der Waals surface area contributed by atoms with Crippen molar-refractivity contribution in [3.63, 3.8) is 0 Å². The third-order valence-electron chi connectivity index (χ3n) is 0. The standard InChI is InChI=1S/Mo.H2O3S2.H2S2/c;1-5(2,3)4;1-2/h;(H2,1,2,3,4);1-2H. The first-order valence-corrected chi connectivity index (χ1v) is 4.90. The fourth-order valence-electron chi connectivity index (χ4n) is 0. The summed E-state index contributed by atoms with van der Waals surface area (Å²) in [6.45, 7) is 0. The van der Waals surface area contributed by atoms with Gasteiger partial charge in [0.15, 0.2) is 0 Å². The van der Waals surface area contributed by atoms with Gasteiger partial charge in [0.1, 0.15) is 0 Å². The molecule has 52 valence electrons. The van der Waals surface area contributed by atoms with Crippen molar-refractivity contribution in [2.24, 2.45) is 0 Å². The van der Waals surface area contributed by atoms with Crippen LogP contribution in [0.15, 0.2) is 0 Å². The molecule has 0 aliphatic heterocycles. The van der Waals surface area contributed by atoms with Crippen molar-refractivity contribution in [2.75, 3.05) is 0 Å². The van der Waals surface area contributed by atoms with E-state index in [4.69, 9.17) is 13.3 Å². The van der Waals surface area contributed by atoms with E-state index >= 15 is 0 Å². The summed E-state index contributed by atoms with van der Waals surface area (Å²) in [6, 6.07) is 0. The van der Waals surface area contributed by atoms with Crippen molar-refractivity contribution in [1.82, 2.24) is 0 Å². The molecule has 0 amide bonds. The Morgan fingerprint density at radius 2 is 1.38 bits per heavy atom. The van der Waals surface area contributed by atoms with Gasteiger partial charge in [-0.3, -0.25) is 9.11 Å². The Hall–Kier alpha value is 1.68. The number of hydrogen-bond acceptors (Lipinski definition) is 4. The van der Waals surface area contributed by atoms with Crippen molar-refractivity contribution in [3.8, 4) is 0 Å². The monoisotopic (exact) mass is 278 g/mol. The molecule has 0 spiro atoms. The molecule has 2 N–H and O–H groups in total. The smallest absolute Gasteiger partial charge is 0.263 e. The fraction of sp³-hybridized carbons (Fsp3) is 0. The maximum atomic E-state index is 9.11. The zero-order valence-corrected chi connectivity index (χ0v) is 8.85. The predicted octanol–water partition coefficient (Wildman–Crippen LogP) is 0.437. The molecule has 8 heteroatoms. The molecule has 8 heavy (non-hydrogen) atoms. The van der Waals surface area contributed by atoms with Crippen LogP contribution in [0.3, 0.4) is 0 Å². The largest absolute Gasteiger partial charge is 0.285 e. The first kappa shape index (κ1) is 16.3. The van der Waals surface area contributed by atoms with E-state index in [0.29, 0.717) is 0 Å². The Labute approximate surface area is 77.4 Å². The second-order valence-corrected chi connectivity index (χ2v) is 2.65. The first-order valence-electron chi connectivity index (χ1n) is 0.898. The van der Waals surface area contributed by atoms with Crippen molar-refractivity contribution >= 4 is 43.6 Å². The van der Waals surface area contributed by atoms with Gasteiger partial charge in [-0.25, -0.2) is 0 Å². The van der Waals surface area contributed by atoms with E-state index in [1.165, 1.54) is 0 Å². The summed E-state index contributed by atoms with van der Waals surface area (Å²) in [5.74, 6) is 0. The number of thiol groups is 2. The van der Waals surface area contributed by atoms with Gasteiger partial charge in [0.2, 0.25) is 0 Å². The van der Waals surface area contributed by atoms with Crippen LogP contribution in [0.2, 0.25) is 0 Å². The van der Waals surface area contributed by atoms with Crippen LogP contribution in [0.5, 0.6) is 0 Å². The summed E-state index contributed by atoms with van der Waals surface area (Å²) in [7, 11) is -3.83. The number of hydrogen-bond donors (Lipinski definition) is 4. The van der Waals surface area contributed by atoms with Gasteiger partial charge < -0.3 is 0 Å². The van der Waals surface area contributed by atoms with Gasteiger partial charge in [-0.05, 0) is 0 Å². The van der Waals surface area contributed by atoms with Gasteiger partial charge in [-0.2, -0.15) is 4.21 Å². The summed E-state index contributed by atoms with van der Waals surface area (Å²) in [5, 5.41) is 0. The van der Waals surface area contributed by atoms with Crippen LogP contribution >= 0.6 is 23.3 Å². The van der Waals surface area contributed by atoms with Crippen LogP contribution in [0, 0.1) is 0 Å². The van der Waals surface area contributed by atoms with Gasteiger partial charge in [0, 0.05) is 32.3 Å². The summed E-state index contributed by atoms with van der Waals surface area (Å²) in [6.07, 6.45) is 0. The first-order chi connectivity index (χ1) is 3.00. The Bertz CT molecular complexity index is 94.5. The van der Waals surface area contributed by atoms with Crippen molar-refractivity contribution in [2.45, 2.75) is 0 Å². The van der Waals surface area contributed by atoms with E-state index in [2.05, 4.69) is 34.5 Å². The fourth-order valence-corrected chi connectivity index (χ4v) is 0. The van der Waals surface area contributed by atoms with Crippen molar-refractivity contribution in [1.29, 1.82) is 0 Å². The Balaban J connectivity index is -0.0000000750. The molecule has 0 saturated carbocycles. The molecule has 0 aromatic rings. The predicted molar refractivity (Wildman–Crippen MR) is 38.7 cm³/mol. The maximum Gasteiger partial charge on any atom is 0.263 e. The molecule has 0 aliphatic carbocycles. The summed E-state index contributed by atoms with van der Waals surface area (Å²) >= 11 is 9.91. The van der Waals surface area contributed by atoms with Gasteiger partial charge in [0.25, 0.3) is 9.05 Å². The van der Waals surface area contributed by atoms with Crippen LogP contribution in [-0.4, -0.2) is 13.3 Å². The second kappa shape index (κ2) is 8.68. The van der Waals surface area contributed by atoms with E-state index < -0.39 is 9.05 Å². The molecule has 3 nitrogen and oxygen atoms in total. The van der Waals surface area contributed by atoms with Crippen LogP contribution in [0.1, 0.15) is 0 Å². The topological polar surface area (TPSA) is 57.5 Å². The van der Waals surface area contributed by atoms with Gasteiger partial charge in [0.05, 0.1) is 0 Å². The van der Waals surface area contributed by atoms with Gasteiger partial charge >= 0.3 is 0 Å². The zero-order chi connectivity index (χ0) is 6.50. The maximum absolute atomic E-state index is 9.11. The molecular formula is H4MoO3S4. The molecule has 0 unspecified atom stereocenters. The normalized spacial score (nSPS) is 8.00. The van der Waals surface area contributed by atoms with E-state index in [0.717, 1.165) is 0 Å². The quantitative estimate of drug-likeness (QED) is 0.294. The average Bonchev–Trinajstić information content (AvgIpc) is 1.36. The van der Waals surface area contributed by atoms with E-state index in [-0.39, 0.29) is 21.1 Å². The minimum absolute atomic E-state index is 0. The Morgan fingerprint density at radius 3 is 1.38 bits per heavy atom. The average molecular weight is 276 g/mol. The van der Waals surface area contributed by atoms with Crippen LogP contribution in [-0.2, 0) is 41.3 Å². The molecule has 0 fully saturated rings. The third kappa shape index (κ3) is 122. The molecule has 0 saturated heterocycles. The zero-order valence-electron chi connectivity index (χ0n) is 3.42. The van der Waals surface area contributed by atoms with Crippen LogP contribution in [0.4, 0.5) is 0 Å². The molecule has 0 atom stereocenters. The molecule has 0 heterocycles. The number of rotatable bonds is 0. The van der Waals surface area contributed by atoms with E-state index in [1.807, 2.05) is 0 Å². The molecule has 0 rings (SSSR count). The molecule has 0 aromatic heterocycles. The Morgan fingerprint density at radius 1 is 1.38 bits per heavy atom. The van der Waals surface area contributed by atoms with E-state index in [9.17, 15) is 0 Å². The van der Waals surface area contributed by atoms with Crippen molar-refractivity contribution in [3.05, 3.63) is 0 Å². The summed E-state index contributed by atoms with van der Waals surface area (Å²) in [4.78, 5) is 0. The minimum atomic E-state index is -3.83. The summed E-state index contributed by atoms with van der Waals surface area (Å²) in [5.41, 5.74) is 0. The summed E-state index contributed by atoms with van der Waals surface area (Å²) < 4.78 is 24.0. The molecule has 0 aromatic carbocycles. The second-order valence-electron chi connectivity index (χ2n) is 0.448. The Kier molecular flexibility index (Phi) is 17.7. The van der Waals surface area contributed by atoms with Crippen LogP contribution in [0.25, 0.3) is 0 Å². The minimum Gasteiger partial charge on any atom is -0.285 e. The molecule has 0 radical (unpaired) electrons. The molecular weight excluding hydrogens is 272 g/mol. The van der Waals surface area contributed by atoms with Crippen LogP contribution < -0.4 is 0 Å². The SMILES string of the molecule is O=S(O)(O)=S.SS.[Mo]. The molecule has 0 aliphatic rings. The van der Waals surface area contributed by atoms with E-state index in [1.54, 1.807) is 0 Å².